The number of para-hydroxylation sites is 1. The Morgan fingerprint density at radius 3 is 2.82 bits per heavy atom. The van der Waals surface area contributed by atoms with Gasteiger partial charge in [0.25, 0.3) is 0 Å². The van der Waals surface area contributed by atoms with Gasteiger partial charge in [-0.15, -0.1) is 0 Å². The fourth-order valence-corrected chi connectivity index (χ4v) is 2.92. The maximum atomic E-state index is 5.81. The van der Waals surface area contributed by atoms with Gasteiger partial charge in [-0.1, -0.05) is 39.0 Å². The second-order valence-electron chi connectivity index (χ2n) is 4.92. The van der Waals surface area contributed by atoms with Gasteiger partial charge in [0.05, 0.1) is 6.61 Å². The molecule has 2 heteroatoms. The van der Waals surface area contributed by atoms with Gasteiger partial charge >= 0.3 is 0 Å². The molecule has 1 aromatic carbocycles. The summed E-state index contributed by atoms with van der Waals surface area (Å²) in [5.41, 5.74) is 1.37. The Morgan fingerprint density at radius 2 is 2.12 bits per heavy atom. The zero-order valence-electron chi connectivity index (χ0n) is 11.1. The van der Waals surface area contributed by atoms with Crippen LogP contribution in [0.4, 0.5) is 0 Å². The van der Waals surface area contributed by atoms with Gasteiger partial charge in [0.15, 0.2) is 0 Å². The van der Waals surface area contributed by atoms with Crippen molar-refractivity contribution in [3.8, 4) is 5.75 Å². The number of nitrogens with one attached hydrogen (secondary N) is 1. The zero-order valence-corrected chi connectivity index (χ0v) is 11.1. The summed E-state index contributed by atoms with van der Waals surface area (Å²) in [4.78, 5) is 0. The molecule has 1 N–H and O–H groups in total. The lowest BCUT2D eigenvalue weighted by atomic mass is 9.79. The molecular formula is C15H23NO. The van der Waals surface area contributed by atoms with Crippen LogP contribution in [0.15, 0.2) is 24.3 Å². The van der Waals surface area contributed by atoms with Crippen molar-refractivity contribution >= 4 is 0 Å². The van der Waals surface area contributed by atoms with E-state index in [0.717, 1.165) is 25.3 Å². The van der Waals surface area contributed by atoms with Gasteiger partial charge < -0.3 is 10.1 Å². The minimum atomic E-state index is 0.556. The molecule has 0 fully saturated rings. The lowest BCUT2D eigenvalue weighted by molar-refractivity contribution is 0.181. The standard InChI is InChI=1S/C15H23NO/c1-4-13(16-5-2)15-11(3)10-17-14-9-7-6-8-12(14)15/h6-9,11,13,15-16H,4-5,10H2,1-3H3. The average molecular weight is 233 g/mol. The van der Waals surface area contributed by atoms with Crippen LogP contribution in [0.3, 0.4) is 0 Å². The second-order valence-corrected chi connectivity index (χ2v) is 4.92. The quantitative estimate of drug-likeness (QED) is 0.862. The number of benzene rings is 1. The van der Waals surface area contributed by atoms with Gasteiger partial charge in [-0.05, 0) is 30.5 Å². The molecule has 0 bridgehead atoms. The molecule has 0 saturated heterocycles. The molecule has 1 aromatic rings. The molecule has 94 valence electrons. The molecule has 0 amide bonds. The van der Waals surface area contributed by atoms with Crippen LogP contribution >= 0.6 is 0 Å². The van der Waals surface area contributed by atoms with Gasteiger partial charge in [-0.3, -0.25) is 0 Å². The Hall–Kier alpha value is -1.02. The largest absolute Gasteiger partial charge is 0.493 e. The predicted molar refractivity (Wildman–Crippen MR) is 71.6 cm³/mol. The summed E-state index contributed by atoms with van der Waals surface area (Å²) >= 11 is 0. The Morgan fingerprint density at radius 1 is 1.35 bits per heavy atom. The van der Waals surface area contributed by atoms with E-state index in [1.807, 2.05) is 0 Å². The Bertz CT molecular complexity index is 364. The minimum absolute atomic E-state index is 0.556. The van der Waals surface area contributed by atoms with Crippen molar-refractivity contribution in [2.75, 3.05) is 13.2 Å². The van der Waals surface area contributed by atoms with Crippen molar-refractivity contribution in [3.63, 3.8) is 0 Å². The van der Waals surface area contributed by atoms with Gasteiger partial charge in [0.2, 0.25) is 0 Å². The summed E-state index contributed by atoms with van der Waals surface area (Å²) in [6, 6.07) is 9.04. The first kappa shape index (κ1) is 12.4. The third kappa shape index (κ3) is 2.47. The molecule has 2 nitrogen and oxygen atoms in total. The predicted octanol–water partition coefficient (Wildman–Crippen LogP) is 3.19. The van der Waals surface area contributed by atoms with Gasteiger partial charge in [-0.2, -0.15) is 0 Å². The Kier molecular flexibility index (Phi) is 4.06. The normalized spacial score (nSPS) is 24.9. The van der Waals surface area contributed by atoms with E-state index < -0.39 is 0 Å². The van der Waals surface area contributed by atoms with Crippen molar-refractivity contribution in [2.24, 2.45) is 5.92 Å². The number of ether oxygens (including phenoxy) is 1. The average Bonchev–Trinajstić information content (AvgIpc) is 2.37. The van der Waals surface area contributed by atoms with E-state index >= 15 is 0 Å². The van der Waals surface area contributed by atoms with Crippen LogP contribution in [0.5, 0.6) is 5.75 Å². The van der Waals surface area contributed by atoms with Crippen LogP contribution < -0.4 is 10.1 Å². The monoisotopic (exact) mass is 233 g/mol. The summed E-state index contributed by atoms with van der Waals surface area (Å²) in [5.74, 6) is 2.23. The molecule has 3 atom stereocenters. The molecule has 3 unspecified atom stereocenters. The zero-order chi connectivity index (χ0) is 12.3. The van der Waals surface area contributed by atoms with E-state index in [1.54, 1.807) is 0 Å². The molecule has 0 spiro atoms. The van der Waals surface area contributed by atoms with Gasteiger partial charge in [0, 0.05) is 12.0 Å². The SMILES string of the molecule is CCNC(CC)C1c2ccccc2OCC1C. The highest BCUT2D eigenvalue weighted by Gasteiger charge is 2.32. The van der Waals surface area contributed by atoms with Gasteiger partial charge in [-0.25, -0.2) is 0 Å². The summed E-state index contributed by atoms with van der Waals surface area (Å²) in [6.45, 7) is 8.60. The summed E-state index contributed by atoms with van der Waals surface area (Å²) < 4.78 is 5.81. The van der Waals surface area contributed by atoms with E-state index in [-0.39, 0.29) is 0 Å². The molecule has 2 rings (SSSR count). The number of rotatable bonds is 4. The Labute approximate surface area is 104 Å². The van der Waals surface area contributed by atoms with Crippen LogP contribution in [0, 0.1) is 5.92 Å². The first-order valence-corrected chi connectivity index (χ1v) is 6.73. The number of hydrogen-bond acceptors (Lipinski definition) is 2. The van der Waals surface area contributed by atoms with Gasteiger partial charge in [0.1, 0.15) is 5.75 Å². The van der Waals surface area contributed by atoms with Crippen LogP contribution in [0.2, 0.25) is 0 Å². The number of hydrogen-bond donors (Lipinski definition) is 1. The van der Waals surface area contributed by atoms with Crippen molar-refractivity contribution in [1.29, 1.82) is 0 Å². The van der Waals surface area contributed by atoms with E-state index in [2.05, 4.69) is 50.4 Å². The van der Waals surface area contributed by atoms with E-state index in [0.29, 0.717) is 17.9 Å². The van der Waals surface area contributed by atoms with Crippen molar-refractivity contribution in [3.05, 3.63) is 29.8 Å². The molecule has 17 heavy (non-hydrogen) atoms. The van der Waals surface area contributed by atoms with E-state index in [9.17, 15) is 0 Å². The summed E-state index contributed by atoms with van der Waals surface area (Å²) in [6.07, 6.45) is 1.16. The molecule has 0 saturated carbocycles. The summed E-state index contributed by atoms with van der Waals surface area (Å²) in [7, 11) is 0. The molecule has 0 aromatic heterocycles. The van der Waals surface area contributed by atoms with Crippen LogP contribution in [-0.2, 0) is 0 Å². The molecular weight excluding hydrogens is 210 g/mol. The lowest BCUT2D eigenvalue weighted by Gasteiger charge is -2.37. The van der Waals surface area contributed by atoms with Crippen molar-refractivity contribution in [2.45, 2.75) is 39.2 Å². The van der Waals surface area contributed by atoms with Crippen molar-refractivity contribution < 1.29 is 4.74 Å². The fraction of sp³-hybridized carbons (Fsp3) is 0.600. The summed E-state index contributed by atoms with van der Waals surface area (Å²) in [5, 5.41) is 3.62. The second kappa shape index (κ2) is 5.54. The van der Waals surface area contributed by atoms with Crippen LogP contribution in [-0.4, -0.2) is 19.2 Å². The highest BCUT2D eigenvalue weighted by molar-refractivity contribution is 5.39. The van der Waals surface area contributed by atoms with Crippen molar-refractivity contribution in [1.82, 2.24) is 5.32 Å². The smallest absolute Gasteiger partial charge is 0.122 e. The molecule has 1 aliphatic heterocycles. The van der Waals surface area contributed by atoms with E-state index in [4.69, 9.17) is 4.74 Å². The molecule has 1 heterocycles. The highest BCUT2D eigenvalue weighted by Crippen LogP contribution is 2.39. The number of likely N-dealkylation sites (N-methyl/N-ethyl adjacent to an activating group) is 1. The molecule has 1 aliphatic rings. The first-order valence-electron chi connectivity index (χ1n) is 6.73. The minimum Gasteiger partial charge on any atom is -0.493 e. The number of fused-ring (bicyclic) bond motifs is 1. The lowest BCUT2D eigenvalue weighted by Crippen LogP contribution is -2.40. The third-order valence-corrected chi connectivity index (χ3v) is 3.73. The van der Waals surface area contributed by atoms with Crippen LogP contribution in [0.25, 0.3) is 0 Å². The molecule has 0 aliphatic carbocycles. The topological polar surface area (TPSA) is 21.3 Å². The van der Waals surface area contributed by atoms with Crippen LogP contribution in [0.1, 0.15) is 38.7 Å². The maximum absolute atomic E-state index is 5.81. The molecule has 0 radical (unpaired) electrons. The Balaban J connectivity index is 2.31. The van der Waals surface area contributed by atoms with E-state index in [1.165, 1.54) is 5.56 Å². The fourth-order valence-electron chi connectivity index (χ4n) is 2.92. The first-order chi connectivity index (χ1) is 8.27. The highest BCUT2D eigenvalue weighted by atomic mass is 16.5. The maximum Gasteiger partial charge on any atom is 0.122 e. The third-order valence-electron chi connectivity index (χ3n) is 3.73.